The third kappa shape index (κ3) is 3.01. The lowest BCUT2D eigenvalue weighted by Gasteiger charge is -2.23. The van der Waals surface area contributed by atoms with E-state index in [1.807, 2.05) is 36.2 Å². The van der Waals surface area contributed by atoms with Crippen LogP contribution in [0.5, 0.6) is 5.75 Å². The number of ether oxygens (including phenoxy) is 1. The van der Waals surface area contributed by atoms with E-state index in [1.165, 1.54) is 0 Å². The second kappa shape index (κ2) is 5.87. The van der Waals surface area contributed by atoms with Crippen LogP contribution in [0.25, 0.3) is 0 Å². The summed E-state index contributed by atoms with van der Waals surface area (Å²) < 4.78 is 5.10. The SMILES string of the molecule is COc1ccc(CC(=O)N(C)C2CCNC2)cc1. The van der Waals surface area contributed by atoms with E-state index >= 15 is 0 Å². The standard InChI is InChI=1S/C14H20N2O2/c1-16(12-7-8-15-10-12)14(17)9-11-3-5-13(18-2)6-4-11/h3-6,12,15H,7-10H2,1-2H3. The molecule has 4 nitrogen and oxygen atoms in total. The molecular formula is C14H20N2O2. The van der Waals surface area contributed by atoms with Crippen LogP contribution in [0.3, 0.4) is 0 Å². The van der Waals surface area contributed by atoms with E-state index in [4.69, 9.17) is 4.74 Å². The number of amides is 1. The van der Waals surface area contributed by atoms with Crippen molar-refractivity contribution in [2.24, 2.45) is 0 Å². The summed E-state index contributed by atoms with van der Waals surface area (Å²) in [7, 11) is 3.53. The molecule has 98 valence electrons. The van der Waals surface area contributed by atoms with E-state index in [0.29, 0.717) is 12.5 Å². The molecule has 2 rings (SSSR count). The van der Waals surface area contributed by atoms with Crippen LogP contribution in [0.15, 0.2) is 24.3 Å². The van der Waals surface area contributed by atoms with Gasteiger partial charge in [-0.1, -0.05) is 12.1 Å². The van der Waals surface area contributed by atoms with Crippen molar-refractivity contribution >= 4 is 5.91 Å². The molecule has 0 spiro atoms. The molecule has 1 fully saturated rings. The Morgan fingerprint density at radius 3 is 2.72 bits per heavy atom. The number of methoxy groups -OCH3 is 1. The molecule has 0 bridgehead atoms. The highest BCUT2D eigenvalue weighted by Crippen LogP contribution is 2.13. The van der Waals surface area contributed by atoms with Gasteiger partial charge in [-0.25, -0.2) is 0 Å². The van der Waals surface area contributed by atoms with Crippen LogP contribution in [-0.4, -0.2) is 44.1 Å². The van der Waals surface area contributed by atoms with Gasteiger partial charge in [0, 0.05) is 19.6 Å². The fourth-order valence-electron chi connectivity index (χ4n) is 2.22. The number of carbonyl (C=O) groups is 1. The van der Waals surface area contributed by atoms with Gasteiger partial charge in [-0.2, -0.15) is 0 Å². The fourth-order valence-corrected chi connectivity index (χ4v) is 2.22. The number of benzene rings is 1. The van der Waals surface area contributed by atoms with Gasteiger partial charge in [-0.15, -0.1) is 0 Å². The van der Waals surface area contributed by atoms with Crippen molar-refractivity contribution in [2.45, 2.75) is 18.9 Å². The maximum atomic E-state index is 12.1. The smallest absolute Gasteiger partial charge is 0.227 e. The third-order valence-electron chi connectivity index (χ3n) is 3.49. The lowest BCUT2D eigenvalue weighted by atomic mass is 10.1. The summed E-state index contributed by atoms with van der Waals surface area (Å²) in [4.78, 5) is 14.0. The highest BCUT2D eigenvalue weighted by Gasteiger charge is 2.22. The Labute approximate surface area is 108 Å². The average molecular weight is 248 g/mol. The number of nitrogens with zero attached hydrogens (tertiary/aromatic N) is 1. The Morgan fingerprint density at radius 1 is 1.44 bits per heavy atom. The Hall–Kier alpha value is -1.55. The van der Waals surface area contributed by atoms with E-state index in [-0.39, 0.29) is 5.91 Å². The van der Waals surface area contributed by atoms with Crippen LogP contribution in [0.1, 0.15) is 12.0 Å². The minimum Gasteiger partial charge on any atom is -0.497 e. The first-order chi connectivity index (χ1) is 8.70. The van der Waals surface area contributed by atoms with Crippen LogP contribution < -0.4 is 10.1 Å². The molecule has 1 aliphatic heterocycles. The average Bonchev–Trinajstić information content (AvgIpc) is 2.92. The minimum atomic E-state index is 0.175. The molecule has 0 aliphatic carbocycles. The molecule has 0 saturated carbocycles. The first kappa shape index (κ1) is 12.9. The van der Waals surface area contributed by atoms with Gasteiger partial charge in [0.1, 0.15) is 5.75 Å². The number of hydrogen-bond acceptors (Lipinski definition) is 3. The second-order valence-electron chi connectivity index (χ2n) is 4.68. The molecule has 1 amide bonds. The van der Waals surface area contributed by atoms with Crippen LogP contribution in [0.2, 0.25) is 0 Å². The molecule has 1 unspecified atom stereocenters. The summed E-state index contributed by atoms with van der Waals surface area (Å²) in [5.74, 6) is 0.994. The monoisotopic (exact) mass is 248 g/mol. The van der Waals surface area contributed by atoms with Crippen molar-refractivity contribution in [3.63, 3.8) is 0 Å². The normalized spacial score (nSPS) is 18.7. The third-order valence-corrected chi connectivity index (χ3v) is 3.49. The number of likely N-dealkylation sites (N-methyl/N-ethyl adjacent to an activating group) is 1. The van der Waals surface area contributed by atoms with Crippen molar-refractivity contribution in [3.05, 3.63) is 29.8 Å². The fraction of sp³-hybridized carbons (Fsp3) is 0.500. The van der Waals surface area contributed by atoms with Crippen molar-refractivity contribution in [2.75, 3.05) is 27.2 Å². The maximum absolute atomic E-state index is 12.1. The molecule has 1 atom stereocenters. The van der Waals surface area contributed by atoms with E-state index in [0.717, 1.165) is 30.8 Å². The van der Waals surface area contributed by atoms with Gasteiger partial charge < -0.3 is 15.0 Å². The van der Waals surface area contributed by atoms with E-state index < -0.39 is 0 Å². The number of hydrogen-bond donors (Lipinski definition) is 1. The molecular weight excluding hydrogens is 228 g/mol. The van der Waals surface area contributed by atoms with Crippen LogP contribution >= 0.6 is 0 Å². The van der Waals surface area contributed by atoms with Gasteiger partial charge in [-0.3, -0.25) is 4.79 Å². The topological polar surface area (TPSA) is 41.6 Å². The van der Waals surface area contributed by atoms with Crippen LogP contribution in [0.4, 0.5) is 0 Å². The highest BCUT2D eigenvalue weighted by molar-refractivity contribution is 5.78. The predicted molar refractivity (Wildman–Crippen MR) is 70.7 cm³/mol. The van der Waals surface area contributed by atoms with Crippen LogP contribution in [0, 0.1) is 0 Å². The summed E-state index contributed by atoms with van der Waals surface area (Å²) in [5, 5.41) is 3.28. The Bertz CT molecular complexity index is 397. The zero-order valence-electron chi connectivity index (χ0n) is 11.0. The molecule has 0 aromatic heterocycles. The summed E-state index contributed by atoms with van der Waals surface area (Å²) in [6.45, 7) is 1.91. The highest BCUT2D eigenvalue weighted by atomic mass is 16.5. The molecule has 1 aliphatic rings. The Morgan fingerprint density at radius 2 is 2.17 bits per heavy atom. The summed E-state index contributed by atoms with van der Waals surface area (Å²) >= 11 is 0. The van der Waals surface area contributed by atoms with Gasteiger partial charge in [0.05, 0.1) is 13.5 Å². The number of rotatable bonds is 4. The van der Waals surface area contributed by atoms with Crippen molar-refractivity contribution in [3.8, 4) is 5.75 Å². The lowest BCUT2D eigenvalue weighted by molar-refractivity contribution is -0.130. The molecule has 1 heterocycles. The minimum absolute atomic E-state index is 0.175. The van der Waals surface area contributed by atoms with Crippen molar-refractivity contribution in [1.82, 2.24) is 10.2 Å². The van der Waals surface area contributed by atoms with Crippen molar-refractivity contribution < 1.29 is 9.53 Å². The largest absolute Gasteiger partial charge is 0.497 e. The maximum Gasteiger partial charge on any atom is 0.227 e. The van der Waals surface area contributed by atoms with E-state index in [2.05, 4.69) is 5.32 Å². The number of nitrogens with one attached hydrogen (secondary N) is 1. The summed E-state index contributed by atoms with van der Waals surface area (Å²) in [6.07, 6.45) is 1.50. The predicted octanol–water partition coefficient (Wildman–Crippen LogP) is 1.06. The van der Waals surface area contributed by atoms with Gasteiger partial charge in [0.15, 0.2) is 0 Å². The summed E-state index contributed by atoms with van der Waals surface area (Å²) in [5.41, 5.74) is 1.03. The molecule has 1 aromatic carbocycles. The molecule has 1 saturated heterocycles. The first-order valence-corrected chi connectivity index (χ1v) is 6.30. The molecule has 0 radical (unpaired) electrons. The van der Waals surface area contributed by atoms with Gasteiger partial charge in [-0.05, 0) is 30.7 Å². The Kier molecular flexibility index (Phi) is 4.20. The number of carbonyl (C=O) groups excluding carboxylic acids is 1. The van der Waals surface area contributed by atoms with E-state index in [9.17, 15) is 4.79 Å². The van der Waals surface area contributed by atoms with Gasteiger partial charge in [0.25, 0.3) is 0 Å². The lowest BCUT2D eigenvalue weighted by Crippen LogP contribution is -2.39. The molecule has 18 heavy (non-hydrogen) atoms. The molecule has 1 N–H and O–H groups in total. The first-order valence-electron chi connectivity index (χ1n) is 6.30. The van der Waals surface area contributed by atoms with Gasteiger partial charge in [0.2, 0.25) is 5.91 Å². The van der Waals surface area contributed by atoms with Gasteiger partial charge >= 0.3 is 0 Å². The van der Waals surface area contributed by atoms with E-state index in [1.54, 1.807) is 7.11 Å². The molecule has 1 aromatic rings. The summed E-state index contributed by atoms with van der Waals surface area (Å²) in [6, 6.07) is 8.00. The second-order valence-corrected chi connectivity index (χ2v) is 4.68. The zero-order chi connectivity index (χ0) is 13.0. The zero-order valence-corrected chi connectivity index (χ0v) is 11.0. The molecule has 4 heteroatoms. The Balaban J connectivity index is 1.93. The van der Waals surface area contributed by atoms with Crippen molar-refractivity contribution in [1.29, 1.82) is 0 Å². The quantitative estimate of drug-likeness (QED) is 0.866. The van der Waals surface area contributed by atoms with Crippen LogP contribution in [-0.2, 0) is 11.2 Å².